The Morgan fingerprint density at radius 1 is 1.65 bits per heavy atom. The van der Waals surface area contributed by atoms with Crippen LogP contribution in [0, 0.1) is 0 Å². The van der Waals surface area contributed by atoms with Gasteiger partial charge in [0.2, 0.25) is 0 Å². The minimum absolute atomic E-state index is 0.0958. The molecule has 1 N–H and O–H groups in total. The summed E-state index contributed by atoms with van der Waals surface area (Å²) in [6.07, 6.45) is 3.28. The fraction of sp³-hybridized carbons (Fsp3) is 0.182. The number of carboxylic acids is 1. The highest BCUT2D eigenvalue weighted by molar-refractivity contribution is 5.92. The van der Waals surface area contributed by atoms with Crippen molar-refractivity contribution in [2.45, 2.75) is 0 Å². The lowest BCUT2D eigenvalue weighted by Gasteiger charge is -2.07. The molecular weight excluding hydrogens is 222 g/mol. The molecule has 1 aromatic carbocycles. The number of carbonyl (C=O) groups is 1. The first-order valence-corrected chi connectivity index (χ1v) is 4.78. The minimum atomic E-state index is -1.05. The molecule has 0 aliphatic carbocycles. The van der Waals surface area contributed by atoms with Gasteiger partial charge in [-0.2, -0.15) is 0 Å². The lowest BCUT2D eigenvalue weighted by Crippen LogP contribution is -2.01. The van der Waals surface area contributed by atoms with Crippen LogP contribution in [-0.2, 0) is 0 Å². The average Bonchev–Trinajstić information content (AvgIpc) is 2.34. The summed E-state index contributed by atoms with van der Waals surface area (Å²) in [5, 5.41) is 12.3. The Balaban J connectivity index is 3.07. The van der Waals surface area contributed by atoms with Gasteiger partial charge in [0, 0.05) is 17.0 Å². The van der Waals surface area contributed by atoms with E-state index in [1.165, 1.54) is 13.2 Å². The van der Waals surface area contributed by atoms with Crippen molar-refractivity contribution in [1.82, 2.24) is 0 Å². The molecule has 6 nitrogen and oxygen atoms in total. The smallest absolute Gasteiger partial charge is 0.339 e. The number of para-hydroxylation sites is 1. The van der Waals surface area contributed by atoms with Gasteiger partial charge >= 0.3 is 5.97 Å². The molecule has 0 fully saturated rings. The number of azide groups is 1. The van der Waals surface area contributed by atoms with E-state index < -0.39 is 5.97 Å². The van der Waals surface area contributed by atoms with Gasteiger partial charge in [-0.3, -0.25) is 0 Å². The Kier molecular flexibility index (Phi) is 4.59. The summed E-state index contributed by atoms with van der Waals surface area (Å²) in [6.45, 7) is 0.205. The number of methoxy groups -OCH3 is 1. The molecule has 1 aromatic rings. The Bertz CT molecular complexity index is 491. The fourth-order valence-corrected chi connectivity index (χ4v) is 1.35. The van der Waals surface area contributed by atoms with Gasteiger partial charge in [-0.15, -0.1) is 0 Å². The predicted molar refractivity (Wildman–Crippen MR) is 63.0 cm³/mol. The summed E-state index contributed by atoms with van der Waals surface area (Å²) in [5.74, 6) is -0.760. The first-order valence-electron chi connectivity index (χ1n) is 4.78. The van der Waals surface area contributed by atoms with Crippen LogP contribution in [-0.4, -0.2) is 24.7 Å². The largest absolute Gasteiger partial charge is 0.495 e. The van der Waals surface area contributed by atoms with Crippen molar-refractivity contribution in [3.8, 4) is 5.75 Å². The average molecular weight is 233 g/mol. The summed E-state index contributed by atoms with van der Waals surface area (Å²) < 4.78 is 5.06. The zero-order valence-electron chi connectivity index (χ0n) is 9.20. The van der Waals surface area contributed by atoms with Gasteiger partial charge in [-0.1, -0.05) is 29.4 Å². The van der Waals surface area contributed by atoms with Crippen molar-refractivity contribution >= 4 is 12.0 Å². The van der Waals surface area contributed by atoms with Crippen LogP contribution >= 0.6 is 0 Å². The van der Waals surface area contributed by atoms with Gasteiger partial charge in [-0.05, 0) is 11.6 Å². The molecular formula is C11H11N3O3. The Morgan fingerprint density at radius 2 is 2.41 bits per heavy atom. The van der Waals surface area contributed by atoms with E-state index >= 15 is 0 Å². The maximum absolute atomic E-state index is 10.9. The number of rotatable bonds is 5. The molecule has 0 saturated carbocycles. The first kappa shape index (κ1) is 12.6. The number of hydrogen-bond acceptors (Lipinski definition) is 3. The molecule has 0 aromatic heterocycles. The highest BCUT2D eigenvalue weighted by Gasteiger charge is 2.12. The molecule has 0 unspecified atom stereocenters. The number of benzene rings is 1. The molecule has 0 heterocycles. The quantitative estimate of drug-likeness (QED) is 0.481. The van der Waals surface area contributed by atoms with E-state index in [1.54, 1.807) is 24.3 Å². The number of ether oxygens (including phenoxy) is 1. The monoisotopic (exact) mass is 233 g/mol. The third-order valence-electron chi connectivity index (χ3n) is 2.03. The van der Waals surface area contributed by atoms with E-state index in [2.05, 4.69) is 10.0 Å². The van der Waals surface area contributed by atoms with E-state index in [-0.39, 0.29) is 17.9 Å². The molecule has 0 aliphatic rings. The molecule has 17 heavy (non-hydrogen) atoms. The lowest BCUT2D eigenvalue weighted by molar-refractivity contribution is 0.0693. The Hall–Kier alpha value is -2.46. The third kappa shape index (κ3) is 3.25. The molecule has 1 rings (SSSR count). The van der Waals surface area contributed by atoms with Crippen molar-refractivity contribution < 1.29 is 14.6 Å². The zero-order chi connectivity index (χ0) is 12.7. The van der Waals surface area contributed by atoms with Crippen LogP contribution in [0.4, 0.5) is 0 Å². The highest BCUT2D eigenvalue weighted by atomic mass is 16.5. The second-order valence-corrected chi connectivity index (χ2v) is 3.05. The molecule has 88 valence electrons. The van der Waals surface area contributed by atoms with E-state index in [9.17, 15) is 4.79 Å². The molecule has 0 radical (unpaired) electrons. The van der Waals surface area contributed by atoms with Gasteiger partial charge in [0.05, 0.1) is 7.11 Å². The summed E-state index contributed by atoms with van der Waals surface area (Å²) >= 11 is 0. The van der Waals surface area contributed by atoms with Crippen LogP contribution in [0.15, 0.2) is 29.4 Å². The second kappa shape index (κ2) is 6.19. The van der Waals surface area contributed by atoms with Crippen molar-refractivity contribution in [1.29, 1.82) is 0 Å². The van der Waals surface area contributed by atoms with Gasteiger partial charge in [0.1, 0.15) is 11.3 Å². The van der Waals surface area contributed by atoms with E-state index in [1.807, 2.05) is 0 Å². The van der Waals surface area contributed by atoms with Crippen LogP contribution in [0.3, 0.4) is 0 Å². The molecule has 0 aliphatic heterocycles. The lowest BCUT2D eigenvalue weighted by atomic mass is 10.1. The maximum Gasteiger partial charge on any atom is 0.339 e. The summed E-state index contributed by atoms with van der Waals surface area (Å²) in [7, 11) is 1.41. The van der Waals surface area contributed by atoms with Gasteiger partial charge in [0.15, 0.2) is 0 Å². The van der Waals surface area contributed by atoms with Crippen molar-refractivity contribution in [3.63, 3.8) is 0 Å². The van der Waals surface area contributed by atoms with Gasteiger partial charge in [0.25, 0.3) is 0 Å². The van der Waals surface area contributed by atoms with Crippen molar-refractivity contribution in [2.75, 3.05) is 13.7 Å². The molecule has 0 atom stereocenters. The summed E-state index contributed by atoms with van der Waals surface area (Å²) in [6, 6.07) is 4.81. The standard InChI is InChI=1S/C11H11N3O3/c1-17-10-8(5-3-7-13-14-12)4-2-6-9(10)11(15)16/h2-6H,7H2,1H3,(H,15,16). The van der Waals surface area contributed by atoms with Crippen LogP contribution < -0.4 is 4.74 Å². The predicted octanol–water partition coefficient (Wildman–Crippen LogP) is 2.72. The minimum Gasteiger partial charge on any atom is -0.495 e. The van der Waals surface area contributed by atoms with E-state index in [0.29, 0.717) is 5.56 Å². The molecule has 0 bridgehead atoms. The molecule has 0 saturated heterocycles. The Morgan fingerprint density at radius 3 is 3.00 bits per heavy atom. The van der Waals surface area contributed by atoms with E-state index in [4.69, 9.17) is 15.4 Å². The van der Waals surface area contributed by atoms with Crippen LogP contribution in [0.1, 0.15) is 15.9 Å². The normalized spacial score (nSPS) is 9.94. The number of hydrogen-bond donors (Lipinski definition) is 1. The van der Waals surface area contributed by atoms with Gasteiger partial charge in [-0.25, -0.2) is 4.79 Å². The second-order valence-electron chi connectivity index (χ2n) is 3.05. The molecule has 0 amide bonds. The SMILES string of the molecule is COc1c(C=CCN=[N+]=[N-])cccc1C(=O)O. The third-order valence-corrected chi connectivity index (χ3v) is 2.03. The maximum atomic E-state index is 10.9. The number of nitrogens with zero attached hydrogens (tertiary/aromatic N) is 3. The Labute approximate surface area is 97.8 Å². The fourth-order valence-electron chi connectivity index (χ4n) is 1.35. The zero-order valence-corrected chi connectivity index (χ0v) is 9.20. The summed E-state index contributed by atoms with van der Waals surface area (Å²) in [5.41, 5.74) is 8.82. The van der Waals surface area contributed by atoms with Gasteiger partial charge < -0.3 is 9.84 Å². The van der Waals surface area contributed by atoms with E-state index in [0.717, 1.165) is 0 Å². The molecule has 6 heteroatoms. The molecule has 0 spiro atoms. The van der Waals surface area contributed by atoms with Crippen LogP contribution in [0.2, 0.25) is 0 Å². The van der Waals surface area contributed by atoms with Crippen molar-refractivity contribution in [2.24, 2.45) is 5.11 Å². The van der Waals surface area contributed by atoms with Crippen molar-refractivity contribution in [3.05, 3.63) is 45.8 Å². The summed E-state index contributed by atoms with van der Waals surface area (Å²) in [4.78, 5) is 13.5. The van der Waals surface area contributed by atoms with Crippen LogP contribution in [0.5, 0.6) is 5.75 Å². The highest BCUT2D eigenvalue weighted by Crippen LogP contribution is 2.24. The van der Waals surface area contributed by atoms with Crippen LogP contribution in [0.25, 0.3) is 16.5 Å². The topological polar surface area (TPSA) is 95.3 Å². The first-order chi connectivity index (χ1) is 8.20. The number of aromatic carboxylic acids is 1. The number of carboxylic acid groups (broad SMARTS) is 1.